The monoisotopic (exact) mass is 524 g/mol. The Bertz CT molecular complexity index is 1440. The lowest BCUT2D eigenvalue weighted by Gasteiger charge is -2.36. The van der Waals surface area contributed by atoms with Crippen LogP contribution in [0.5, 0.6) is 5.88 Å². The summed E-state index contributed by atoms with van der Waals surface area (Å²) in [5.74, 6) is 0.538. The summed E-state index contributed by atoms with van der Waals surface area (Å²) in [5.41, 5.74) is 7.71. The van der Waals surface area contributed by atoms with E-state index in [0.29, 0.717) is 36.5 Å². The zero-order valence-electron chi connectivity index (χ0n) is 21.6. The van der Waals surface area contributed by atoms with Crippen LogP contribution >= 0.6 is 0 Å². The predicted molar refractivity (Wildman–Crippen MR) is 142 cm³/mol. The third kappa shape index (κ3) is 5.22. The summed E-state index contributed by atoms with van der Waals surface area (Å²) in [6.07, 6.45) is 2.59. The van der Waals surface area contributed by atoms with Crippen LogP contribution in [0.15, 0.2) is 47.6 Å². The summed E-state index contributed by atoms with van der Waals surface area (Å²) in [5, 5.41) is -0.335. The van der Waals surface area contributed by atoms with E-state index in [4.69, 9.17) is 15.5 Å². The third-order valence-corrected chi connectivity index (χ3v) is 8.15. The lowest BCUT2D eigenvalue weighted by atomic mass is 9.90. The van der Waals surface area contributed by atoms with Crippen LogP contribution in [0.25, 0.3) is 11.3 Å². The van der Waals surface area contributed by atoms with Crippen LogP contribution in [0.1, 0.15) is 50.0 Å². The number of sulfonamides is 1. The van der Waals surface area contributed by atoms with Gasteiger partial charge in [-0.25, -0.2) is 19.7 Å². The Balaban J connectivity index is 1.77. The Labute approximate surface area is 217 Å². The molecule has 0 aliphatic carbocycles. The highest BCUT2D eigenvalue weighted by molar-refractivity contribution is 7.90. The molecule has 11 heteroatoms. The van der Waals surface area contributed by atoms with Crippen molar-refractivity contribution < 1.29 is 17.9 Å². The number of anilines is 2. The van der Waals surface area contributed by atoms with Crippen molar-refractivity contribution in [3.8, 4) is 17.1 Å². The van der Waals surface area contributed by atoms with Crippen LogP contribution < -0.4 is 20.1 Å². The van der Waals surface area contributed by atoms with Gasteiger partial charge in [-0.1, -0.05) is 13.0 Å². The quantitative estimate of drug-likeness (QED) is 0.474. The van der Waals surface area contributed by atoms with Gasteiger partial charge in [0.05, 0.1) is 17.9 Å². The van der Waals surface area contributed by atoms with E-state index < -0.39 is 15.9 Å². The number of carbonyl (C=O) groups is 1. The van der Waals surface area contributed by atoms with Crippen molar-refractivity contribution in [2.24, 2.45) is 5.92 Å². The molecular weight excluding hydrogens is 492 g/mol. The molecule has 37 heavy (non-hydrogen) atoms. The number of aryl methyl sites for hydroxylation is 1. The average Bonchev–Trinajstić information content (AvgIpc) is 3.11. The maximum absolute atomic E-state index is 13.4. The highest BCUT2D eigenvalue weighted by Crippen LogP contribution is 2.39. The van der Waals surface area contributed by atoms with E-state index in [-0.39, 0.29) is 21.9 Å². The van der Waals surface area contributed by atoms with Gasteiger partial charge < -0.3 is 15.4 Å². The average molecular weight is 525 g/mol. The Morgan fingerprint density at radius 2 is 2.00 bits per heavy atom. The number of ether oxygens (including phenoxy) is 1. The standard InChI is InChI=1S/C26H32N6O4S/c1-6-36-25-16(2)14-18(15-28-25)20-11-10-19(23(29-20)32-13-12-17(3)26(32,4)5)24(33)31-37(34,35)22-9-7-8-21(27)30-22/h7-11,14-15,17H,6,12-13H2,1-5H3,(H2,27,30)(H,31,33). The fourth-order valence-corrected chi connectivity index (χ4v) is 5.34. The van der Waals surface area contributed by atoms with Gasteiger partial charge in [-0.2, -0.15) is 8.42 Å². The number of pyridine rings is 3. The zero-order valence-corrected chi connectivity index (χ0v) is 22.5. The molecule has 0 saturated carbocycles. The molecule has 3 N–H and O–H groups in total. The lowest BCUT2D eigenvalue weighted by molar-refractivity contribution is 0.0981. The molecule has 0 bridgehead atoms. The van der Waals surface area contributed by atoms with E-state index in [0.717, 1.165) is 17.5 Å². The second kappa shape index (κ2) is 9.97. The predicted octanol–water partition coefficient (Wildman–Crippen LogP) is 3.57. The van der Waals surface area contributed by atoms with Crippen molar-refractivity contribution in [1.82, 2.24) is 19.7 Å². The Morgan fingerprint density at radius 1 is 1.24 bits per heavy atom. The zero-order chi connectivity index (χ0) is 27.0. The third-order valence-electron chi connectivity index (χ3n) is 6.92. The molecule has 1 amide bonds. The molecule has 1 aliphatic heterocycles. The molecule has 0 spiro atoms. The van der Waals surface area contributed by atoms with Gasteiger partial charge >= 0.3 is 0 Å². The van der Waals surface area contributed by atoms with E-state index in [1.807, 2.05) is 19.9 Å². The highest BCUT2D eigenvalue weighted by atomic mass is 32.2. The first-order chi connectivity index (χ1) is 17.4. The molecule has 1 atom stereocenters. The van der Waals surface area contributed by atoms with Gasteiger partial charge in [0.25, 0.3) is 15.9 Å². The molecule has 0 aromatic carbocycles. The molecule has 4 rings (SSSR count). The molecule has 3 aromatic heterocycles. The summed E-state index contributed by atoms with van der Waals surface area (Å²) in [4.78, 5) is 28.5. The first-order valence-electron chi connectivity index (χ1n) is 12.1. The molecular formula is C26H32N6O4S. The number of carbonyl (C=O) groups excluding carboxylic acids is 1. The number of rotatable bonds is 7. The maximum Gasteiger partial charge on any atom is 0.281 e. The highest BCUT2D eigenvalue weighted by Gasteiger charge is 2.41. The minimum atomic E-state index is -4.25. The van der Waals surface area contributed by atoms with E-state index in [2.05, 4.69) is 40.4 Å². The van der Waals surface area contributed by atoms with Crippen molar-refractivity contribution in [2.75, 3.05) is 23.8 Å². The molecule has 1 unspecified atom stereocenters. The van der Waals surface area contributed by atoms with Crippen LogP contribution in [0.3, 0.4) is 0 Å². The molecule has 1 saturated heterocycles. The number of hydrogen-bond donors (Lipinski definition) is 2. The van der Waals surface area contributed by atoms with E-state index >= 15 is 0 Å². The van der Waals surface area contributed by atoms with Gasteiger partial charge in [0.1, 0.15) is 11.6 Å². The smallest absolute Gasteiger partial charge is 0.281 e. The number of nitrogen functional groups attached to an aromatic ring is 1. The number of hydrogen-bond acceptors (Lipinski definition) is 9. The lowest BCUT2D eigenvalue weighted by Crippen LogP contribution is -2.43. The van der Waals surface area contributed by atoms with Crippen molar-refractivity contribution in [2.45, 2.75) is 51.6 Å². The number of amides is 1. The molecule has 1 fully saturated rings. The van der Waals surface area contributed by atoms with Gasteiger partial charge in [-0.15, -0.1) is 0 Å². The fraction of sp³-hybridized carbons (Fsp3) is 0.385. The minimum absolute atomic E-state index is 0.0362. The maximum atomic E-state index is 13.4. The van der Waals surface area contributed by atoms with Crippen LogP contribution in [0, 0.1) is 12.8 Å². The first-order valence-corrected chi connectivity index (χ1v) is 13.6. The van der Waals surface area contributed by atoms with Crippen LogP contribution in [0.4, 0.5) is 11.6 Å². The number of aromatic nitrogens is 3. The van der Waals surface area contributed by atoms with Crippen LogP contribution in [-0.4, -0.2) is 48.0 Å². The SMILES string of the molecule is CCOc1ncc(-c2ccc(C(=O)NS(=O)(=O)c3cccc(N)n3)c(N3CCC(C)C3(C)C)n2)cc1C. The van der Waals surface area contributed by atoms with E-state index in [9.17, 15) is 13.2 Å². The molecule has 196 valence electrons. The van der Waals surface area contributed by atoms with Crippen LogP contribution in [-0.2, 0) is 10.0 Å². The van der Waals surface area contributed by atoms with Gasteiger partial charge in [0.15, 0.2) is 5.03 Å². The first kappa shape index (κ1) is 26.3. The Hall–Kier alpha value is -3.73. The summed E-state index contributed by atoms with van der Waals surface area (Å²) in [6.45, 7) is 11.3. The van der Waals surface area contributed by atoms with Crippen LogP contribution in [0.2, 0.25) is 0 Å². The van der Waals surface area contributed by atoms with Crippen molar-refractivity contribution in [3.63, 3.8) is 0 Å². The number of nitrogens with two attached hydrogens (primary N) is 1. The van der Waals surface area contributed by atoms with E-state index in [1.165, 1.54) is 18.2 Å². The Kier molecular flexibility index (Phi) is 7.09. The normalized spacial score (nSPS) is 17.0. The summed E-state index contributed by atoms with van der Waals surface area (Å²) < 4.78 is 33.5. The van der Waals surface area contributed by atoms with Crippen molar-refractivity contribution in [1.29, 1.82) is 0 Å². The molecule has 4 heterocycles. The summed E-state index contributed by atoms with van der Waals surface area (Å²) in [7, 11) is -4.25. The van der Waals surface area contributed by atoms with Crippen molar-refractivity contribution >= 4 is 27.6 Å². The van der Waals surface area contributed by atoms with Gasteiger partial charge in [0.2, 0.25) is 5.88 Å². The number of nitrogens with one attached hydrogen (secondary N) is 1. The second-order valence-corrected chi connectivity index (χ2v) is 11.3. The topological polar surface area (TPSA) is 140 Å². The fourth-order valence-electron chi connectivity index (χ4n) is 4.40. The summed E-state index contributed by atoms with van der Waals surface area (Å²) in [6, 6.07) is 9.42. The van der Waals surface area contributed by atoms with Crippen molar-refractivity contribution in [3.05, 3.63) is 53.7 Å². The molecule has 1 aliphatic rings. The van der Waals surface area contributed by atoms with Gasteiger partial charge in [0, 0.05) is 29.4 Å². The molecule has 10 nitrogen and oxygen atoms in total. The largest absolute Gasteiger partial charge is 0.478 e. The van der Waals surface area contributed by atoms with E-state index in [1.54, 1.807) is 18.3 Å². The molecule has 3 aromatic rings. The summed E-state index contributed by atoms with van der Waals surface area (Å²) >= 11 is 0. The Morgan fingerprint density at radius 3 is 2.62 bits per heavy atom. The number of nitrogens with zero attached hydrogens (tertiary/aromatic N) is 4. The second-order valence-electron chi connectivity index (χ2n) is 9.68. The minimum Gasteiger partial charge on any atom is -0.478 e. The molecule has 0 radical (unpaired) electrons. The van der Waals surface area contributed by atoms with Gasteiger partial charge in [-0.05, 0) is 70.4 Å². The van der Waals surface area contributed by atoms with Gasteiger partial charge in [-0.3, -0.25) is 4.79 Å².